The van der Waals surface area contributed by atoms with E-state index in [2.05, 4.69) is 21.2 Å². The highest BCUT2D eigenvalue weighted by Crippen LogP contribution is 2.42. The lowest BCUT2D eigenvalue weighted by molar-refractivity contribution is 0.0953. The number of rotatable bonds is 5. The Morgan fingerprint density at radius 1 is 1.40 bits per heavy atom. The molecule has 25 heavy (non-hydrogen) atoms. The van der Waals surface area contributed by atoms with Crippen LogP contribution in [0.1, 0.15) is 53.7 Å². The number of fused-ring (bicyclic) bond motifs is 1. The lowest BCUT2D eigenvalue weighted by Crippen LogP contribution is -2.29. The van der Waals surface area contributed by atoms with Crippen molar-refractivity contribution in [3.8, 4) is 0 Å². The van der Waals surface area contributed by atoms with Crippen molar-refractivity contribution in [1.82, 2.24) is 10.3 Å². The molecule has 1 saturated carbocycles. The fraction of sp³-hybridized carbons (Fsp3) is 0.444. The van der Waals surface area contributed by atoms with Crippen LogP contribution in [0.5, 0.6) is 0 Å². The molecule has 1 heterocycles. The molecule has 1 atom stereocenters. The Kier molecular flexibility index (Phi) is 8.13. The second-order valence-corrected chi connectivity index (χ2v) is 7.37. The number of halogens is 3. The van der Waals surface area contributed by atoms with E-state index < -0.39 is 0 Å². The second-order valence-electron chi connectivity index (χ2n) is 6.45. The Morgan fingerprint density at radius 2 is 2.08 bits per heavy atom. The van der Waals surface area contributed by atoms with Crippen LogP contribution in [-0.4, -0.2) is 23.5 Å². The molecule has 7 heteroatoms. The van der Waals surface area contributed by atoms with Gasteiger partial charge in [0.1, 0.15) is 0 Å². The summed E-state index contributed by atoms with van der Waals surface area (Å²) in [5.74, 6) is 0.481. The van der Waals surface area contributed by atoms with Crippen LogP contribution >= 0.6 is 40.7 Å². The maximum atomic E-state index is 12.8. The number of amides is 1. The van der Waals surface area contributed by atoms with Crippen LogP contribution in [0, 0.1) is 6.92 Å². The number of hydrogen-bond donors (Lipinski definition) is 2. The summed E-state index contributed by atoms with van der Waals surface area (Å²) in [4.78, 5) is 17.6. The Bertz CT molecular complexity index is 764. The highest BCUT2D eigenvalue weighted by Gasteiger charge is 2.29. The molecule has 0 radical (unpaired) electrons. The molecule has 2 aromatic rings. The van der Waals surface area contributed by atoms with E-state index in [1.165, 1.54) is 12.8 Å². The zero-order valence-electron chi connectivity index (χ0n) is 14.3. The van der Waals surface area contributed by atoms with E-state index in [0.717, 1.165) is 38.6 Å². The molecule has 4 nitrogen and oxygen atoms in total. The zero-order chi connectivity index (χ0) is 16.6. The first-order chi connectivity index (χ1) is 11.0. The van der Waals surface area contributed by atoms with Crippen LogP contribution in [0.4, 0.5) is 0 Å². The Hall–Kier alpha value is -0.880. The van der Waals surface area contributed by atoms with E-state index in [1.54, 1.807) is 0 Å². The van der Waals surface area contributed by atoms with Gasteiger partial charge in [-0.2, -0.15) is 0 Å². The minimum atomic E-state index is -0.0319. The number of pyridine rings is 1. The summed E-state index contributed by atoms with van der Waals surface area (Å²) in [6.07, 6.45) is 3.11. The van der Waals surface area contributed by atoms with Crippen LogP contribution in [0.25, 0.3) is 10.9 Å². The number of carbonyl (C=O) groups excluding carboxylic acids is 1. The van der Waals surface area contributed by atoms with Gasteiger partial charge in [0.15, 0.2) is 0 Å². The molecule has 0 spiro atoms. The normalized spacial score (nSPS) is 14.4. The summed E-state index contributed by atoms with van der Waals surface area (Å²) in [5.41, 5.74) is 9.49. The summed E-state index contributed by atoms with van der Waals surface area (Å²) in [7, 11) is 0. The first kappa shape index (κ1) is 22.2. The van der Waals surface area contributed by atoms with Gasteiger partial charge >= 0.3 is 0 Å². The highest BCUT2D eigenvalue weighted by molar-refractivity contribution is 9.10. The van der Waals surface area contributed by atoms with Gasteiger partial charge in [0.25, 0.3) is 5.91 Å². The SMILES string of the molecule is Cc1c(C2CC2)nc2ccc(Br)cc2c1C(=O)NCCC(C)N.Cl.Cl. The van der Waals surface area contributed by atoms with Gasteiger partial charge in [-0.1, -0.05) is 15.9 Å². The highest BCUT2D eigenvalue weighted by atomic mass is 79.9. The van der Waals surface area contributed by atoms with Gasteiger partial charge in [0, 0.05) is 34.1 Å². The van der Waals surface area contributed by atoms with Gasteiger partial charge in [-0.3, -0.25) is 9.78 Å². The molecule has 0 bridgehead atoms. The predicted molar refractivity (Wildman–Crippen MR) is 111 cm³/mol. The van der Waals surface area contributed by atoms with Crippen molar-refractivity contribution in [2.45, 2.75) is 45.1 Å². The summed E-state index contributed by atoms with van der Waals surface area (Å²) >= 11 is 3.50. The van der Waals surface area contributed by atoms with E-state index in [0.29, 0.717) is 12.5 Å². The average molecular weight is 449 g/mol. The minimum Gasteiger partial charge on any atom is -0.352 e. The number of nitrogens with one attached hydrogen (secondary N) is 1. The number of benzene rings is 1. The maximum Gasteiger partial charge on any atom is 0.252 e. The lowest BCUT2D eigenvalue weighted by atomic mass is 9.98. The Morgan fingerprint density at radius 3 is 2.68 bits per heavy atom. The third-order valence-corrected chi connectivity index (χ3v) is 4.80. The molecule has 1 fully saturated rings. The van der Waals surface area contributed by atoms with Crippen molar-refractivity contribution in [2.24, 2.45) is 5.73 Å². The molecule has 1 aromatic heterocycles. The van der Waals surface area contributed by atoms with Crippen LogP contribution in [-0.2, 0) is 0 Å². The van der Waals surface area contributed by atoms with Crippen molar-refractivity contribution in [3.63, 3.8) is 0 Å². The van der Waals surface area contributed by atoms with Gasteiger partial charge in [-0.05, 0) is 56.9 Å². The molecule has 3 rings (SSSR count). The number of aromatic nitrogens is 1. The first-order valence-corrected chi connectivity index (χ1v) is 8.90. The molecule has 0 saturated heterocycles. The van der Waals surface area contributed by atoms with Crippen LogP contribution < -0.4 is 11.1 Å². The molecular formula is C18H24BrCl2N3O. The van der Waals surface area contributed by atoms with E-state index >= 15 is 0 Å². The van der Waals surface area contributed by atoms with Crippen molar-refractivity contribution in [2.75, 3.05) is 6.54 Å². The smallest absolute Gasteiger partial charge is 0.252 e. The van der Waals surface area contributed by atoms with E-state index in [9.17, 15) is 4.79 Å². The Labute approximate surface area is 169 Å². The van der Waals surface area contributed by atoms with Gasteiger partial charge < -0.3 is 11.1 Å². The topological polar surface area (TPSA) is 68.0 Å². The molecule has 1 unspecified atom stereocenters. The summed E-state index contributed by atoms with van der Waals surface area (Å²) in [6, 6.07) is 6.01. The summed E-state index contributed by atoms with van der Waals surface area (Å²) in [6.45, 7) is 4.55. The van der Waals surface area contributed by atoms with Gasteiger partial charge in [0.05, 0.1) is 11.1 Å². The van der Waals surface area contributed by atoms with Crippen LogP contribution in [0.15, 0.2) is 22.7 Å². The van der Waals surface area contributed by atoms with E-state index in [4.69, 9.17) is 10.7 Å². The van der Waals surface area contributed by atoms with Gasteiger partial charge in [0.2, 0.25) is 0 Å². The average Bonchev–Trinajstić information content (AvgIpc) is 3.30. The third-order valence-electron chi connectivity index (χ3n) is 4.30. The third kappa shape index (κ3) is 5.07. The lowest BCUT2D eigenvalue weighted by Gasteiger charge is -2.15. The van der Waals surface area contributed by atoms with Gasteiger partial charge in [-0.15, -0.1) is 24.8 Å². The van der Waals surface area contributed by atoms with Crippen molar-refractivity contribution < 1.29 is 4.79 Å². The molecule has 1 aliphatic carbocycles. The summed E-state index contributed by atoms with van der Waals surface area (Å²) in [5, 5.41) is 3.91. The molecular weight excluding hydrogens is 425 g/mol. The molecule has 3 N–H and O–H groups in total. The number of nitrogens with two attached hydrogens (primary N) is 1. The summed E-state index contributed by atoms with van der Waals surface area (Å²) < 4.78 is 0.954. The quantitative estimate of drug-likeness (QED) is 0.707. The van der Waals surface area contributed by atoms with Crippen molar-refractivity contribution in [3.05, 3.63) is 39.5 Å². The second kappa shape index (κ2) is 9.17. The fourth-order valence-corrected chi connectivity index (χ4v) is 3.26. The number of nitrogens with zero attached hydrogens (tertiary/aromatic N) is 1. The number of hydrogen-bond acceptors (Lipinski definition) is 3. The van der Waals surface area contributed by atoms with E-state index in [1.807, 2.05) is 32.0 Å². The monoisotopic (exact) mass is 447 g/mol. The van der Waals surface area contributed by atoms with Crippen LogP contribution in [0.2, 0.25) is 0 Å². The molecule has 138 valence electrons. The predicted octanol–water partition coefficient (Wildman–Crippen LogP) is 4.49. The standard InChI is InChI=1S/C18H22BrN3O.2ClH/c1-10(20)7-8-21-18(23)16-11(2)17(12-3-4-12)22-15-6-5-13(19)9-14(15)16;;/h5-6,9-10,12H,3-4,7-8,20H2,1-2H3,(H,21,23);2*1H. The fourth-order valence-electron chi connectivity index (χ4n) is 2.90. The molecule has 1 aliphatic rings. The maximum absolute atomic E-state index is 12.8. The van der Waals surface area contributed by atoms with E-state index in [-0.39, 0.29) is 36.8 Å². The zero-order valence-corrected chi connectivity index (χ0v) is 17.6. The largest absolute Gasteiger partial charge is 0.352 e. The van der Waals surface area contributed by atoms with Crippen LogP contribution in [0.3, 0.4) is 0 Å². The van der Waals surface area contributed by atoms with Gasteiger partial charge in [-0.25, -0.2) is 0 Å². The van der Waals surface area contributed by atoms with Crippen molar-refractivity contribution >= 4 is 57.6 Å². The van der Waals surface area contributed by atoms with Crippen molar-refractivity contribution in [1.29, 1.82) is 0 Å². The Balaban J connectivity index is 0.00000156. The first-order valence-electron chi connectivity index (χ1n) is 8.11. The molecule has 0 aliphatic heterocycles. The molecule has 1 aromatic carbocycles. The number of carbonyl (C=O) groups is 1. The minimum absolute atomic E-state index is 0. The molecule has 1 amide bonds.